The molecule has 0 saturated carbocycles. The molecule has 6 N–H and O–H groups in total. The number of nitrogens with zero attached hydrogens (tertiary/aromatic N) is 4. The van der Waals surface area contributed by atoms with Crippen molar-refractivity contribution in [2.75, 3.05) is 23.9 Å². The predicted octanol–water partition coefficient (Wildman–Crippen LogP) is 3.67. The first kappa shape index (κ1) is 24.9. The molecule has 37 heavy (non-hydrogen) atoms. The lowest BCUT2D eigenvalue weighted by molar-refractivity contribution is -0.137. The average Bonchev–Trinajstić information content (AvgIpc) is 2.87. The van der Waals surface area contributed by atoms with Gasteiger partial charge >= 0.3 is 6.18 Å². The van der Waals surface area contributed by atoms with E-state index >= 15 is 0 Å². The van der Waals surface area contributed by atoms with Gasteiger partial charge in [0.2, 0.25) is 5.96 Å². The number of hydrogen-bond acceptors (Lipinski definition) is 10. The van der Waals surface area contributed by atoms with Crippen molar-refractivity contribution in [1.82, 2.24) is 10.3 Å². The zero-order valence-corrected chi connectivity index (χ0v) is 19.2. The number of aliphatic imine (C=N–C) groups is 1. The highest BCUT2D eigenvalue weighted by molar-refractivity contribution is 5.98. The van der Waals surface area contributed by atoms with Gasteiger partial charge in [-0.05, 0) is 35.4 Å². The second-order valence-corrected chi connectivity index (χ2v) is 7.80. The van der Waals surface area contributed by atoms with Gasteiger partial charge in [-0.25, -0.2) is 9.98 Å². The number of nitrogens with two attached hydrogens (primary N) is 2. The maximum Gasteiger partial charge on any atom is 0.416 e. The zero-order valence-electron chi connectivity index (χ0n) is 19.2. The molecule has 0 fully saturated rings. The van der Waals surface area contributed by atoms with Crippen LogP contribution in [0.15, 0.2) is 47.5 Å². The Labute approximate surface area is 208 Å². The number of ether oxygens (including phenoxy) is 2. The van der Waals surface area contributed by atoms with Crippen LogP contribution in [-0.4, -0.2) is 18.1 Å². The summed E-state index contributed by atoms with van der Waals surface area (Å²) in [5.41, 5.74) is 12.6. The molecule has 1 aliphatic heterocycles. The topological polar surface area (TPSA) is 167 Å². The van der Waals surface area contributed by atoms with Gasteiger partial charge in [0.05, 0.1) is 18.4 Å². The minimum atomic E-state index is -4.47. The standard InChI is InChI=1S/C24H19F3N8O2/c1-36-17-8-13(5-6-16(17)37-10-12-3-2-4-14(7-12)24(25,26)27)20-18-19(30)15(9-28)21(31)34-22(18)35-23(33-20)32-11-29/h2-8,20H,10H2,1H3,(H6,30,31,32,33,34,35). The monoisotopic (exact) mass is 508 g/mol. The number of benzene rings is 2. The Kier molecular flexibility index (Phi) is 6.63. The van der Waals surface area contributed by atoms with E-state index in [9.17, 15) is 18.4 Å². The van der Waals surface area contributed by atoms with Crippen LogP contribution >= 0.6 is 0 Å². The second kappa shape index (κ2) is 9.83. The third-order valence-electron chi connectivity index (χ3n) is 5.51. The summed E-state index contributed by atoms with van der Waals surface area (Å²) in [7, 11) is 1.41. The molecule has 4 rings (SSSR count). The largest absolute Gasteiger partial charge is 0.493 e. The van der Waals surface area contributed by atoms with Crippen LogP contribution in [0.5, 0.6) is 11.5 Å². The van der Waals surface area contributed by atoms with Gasteiger partial charge in [-0.15, -0.1) is 0 Å². The molecular weight excluding hydrogens is 489 g/mol. The number of fused-ring (bicyclic) bond motifs is 1. The molecule has 1 aromatic heterocycles. The Balaban J connectivity index is 1.69. The minimum Gasteiger partial charge on any atom is -0.493 e. The van der Waals surface area contributed by atoms with Crippen molar-refractivity contribution in [2.24, 2.45) is 4.99 Å². The molecule has 1 atom stereocenters. The van der Waals surface area contributed by atoms with Crippen molar-refractivity contribution < 1.29 is 22.6 Å². The summed E-state index contributed by atoms with van der Waals surface area (Å²) in [5, 5.41) is 23.8. The number of aromatic nitrogens is 1. The number of nitriles is 2. The van der Waals surface area contributed by atoms with E-state index in [1.54, 1.807) is 24.4 Å². The Hall–Kier alpha value is -5.17. The van der Waals surface area contributed by atoms with E-state index in [1.807, 2.05) is 6.07 Å². The van der Waals surface area contributed by atoms with E-state index in [0.717, 1.165) is 12.1 Å². The number of anilines is 3. The molecule has 1 unspecified atom stereocenters. The molecule has 13 heteroatoms. The number of nitrogens with one attached hydrogen (secondary N) is 2. The van der Waals surface area contributed by atoms with Gasteiger partial charge in [0.15, 0.2) is 17.7 Å². The summed E-state index contributed by atoms with van der Waals surface area (Å²) in [4.78, 5) is 8.68. The summed E-state index contributed by atoms with van der Waals surface area (Å²) < 4.78 is 50.2. The maximum absolute atomic E-state index is 13.0. The third kappa shape index (κ3) is 4.97. The van der Waals surface area contributed by atoms with E-state index in [0.29, 0.717) is 16.7 Å². The Bertz CT molecular complexity index is 1470. The molecule has 1 aliphatic rings. The summed E-state index contributed by atoms with van der Waals surface area (Å²) in [6.07, 6.45) is -2.70. The van der Waals surface area contributed by atoms with Gasteiger partial charge in [0, 0.05) is 5.56 Å². The molecule has 0 amide bonds. The lowest BCUT2D eigenvalue weighted by Gasteiger charge is -2.26. The van der Waals surface area contributed by atoms with Crippen LogP contribution in [-0.2, 0) is 12.8 Å². The van der Waals surface area contributed by atoms with Crippen molar-refractivity contribution >= 4 is 23.3 Å². The Morgan fingerprint density at radius 2 is 1.92 bits per heavy atom. The Morgan fingerprint density at radius 1 is 1.14 bits per heavy atom. The number of guanidine groups is 1. The number of hydrogen-bond donors (Lipinski definition) is 4. The number of methoxy groups -OCH3 is 1. The lowest BCUT2D eigenvalue weighted by atomic mass is 9.95. The van der Waals surface area contributed by atoms with Gasteiger partial charge in [-0.3, -0.25) is 5.32 Å². The van der Waals surface area contributed by atoms with Crippen LogP contribution in [0.4, 0.5) is 30.5 Å². The average molecular weight is 508 g/mol. The molecular formula is C24H19F3N8O2. The number of halogens is 3. The fraction of sp³-hybridized carbons (Fsp3) is 0.167. The molecule has 0 radical (unpaired) electrons. The number of rotatable bonds is 5. The molecule has 2 heterocycles. The lowest BCUT2D eigenvalue weighted by Crippen LogP contribution is -2.32. The van der Waals surface area contributed by atoms with Gasteiger partial charge in [0.1, 0.15) is 35.9 Å². The zero-order chi connectivity index (χ0) is 26.7. The van der Waals surface area contributed by atoms with Crippen LogP contribution in [0.2, 0.25) is 0 Å². The molecule has 0 bridgehead atoms. The number of nitrogen functional groups attached to an aromatic ring is 2. The van der Waals surface area contributed by atoms with Crippen molar-refractivity contribution in [3.8, 4) is 23.8 Å². The van der Waals surface area contributed by atoms with Gasteiger partial charge in [-0.2, -0.15) is 23.7 Å². The van der Waals surface area contributed by atoms with Gasteiger partial charge in [0.25, 0.3) is 0 Å². The van der Waals surface area contributed by atoms with Crippen LogP contribution < -0.4 is 31.6 Å². The van der Waals surface area contributed by atoms with E-state index < -0.39 is 17.8 Å². The summed E-state index contributed by atoms with van der Waals surface area (Å²) >= 11 is 0. The maximum atomic E-state index is 13.0. The highest BCUT2D eigenvalue weighted by atomic mass is 19.4. The highest BCUT2D eigenvalue weighted by Crippen LogP contribution is 2.42. The van der Waals surface area contributed by atoms with Crippen LogP contribution in [0.25, 0.3) is 0 Å². The molecule has 0 aliphatic carbocycles. The van der Waals surface area contributed by atoms with E-state index in [-0.39, 0.29) is 47.0 Å². The third-order valence-corrected chi connectivity index (χ3v) is 5.51. The molecule has 3 aromatic rings. The smallest absolute Gasteiger partial charge is 0.416 e. The minimum absolute atomic E-state index is 0.00884. The first-order valence-corrected chi connectivity index (χ1v) is 10.6. The number of pyridine rings is 1. The first-order chi connectivity index (χ1) is 17.7. The van der Waals surface area contributed by atoms with Crippen LogP contribution in [0, 0.1) is 22.8 Å². The molecule has 188 valence electrons. The van der Waals surface area contributed by atoms with Gasteiger partial charge < -0.3 is 26.3 Å². The molecule has 0 spiro atoms. The van der Waals surface area contributed by atoms with Gasteiger partial charge in [-0.1, -0.05) is 18.2 Å². The van der Waals surface area contributed by atoms with E-state index in [4.69, 9.17) is 26.2 Å². The fourth-order valence-electron chi connectivity index (χ4n) is 3.79. The van der Waals surface area contributed by atoms with Crippen LogP contribution in [0.3, 0.4) is 0 Å². The molecule has 0 saturated heterocycles. The van der Waals surface area contributed by atoms with E-state index in [2.05, 4.69) is 20.6 Å². The second-order valence-electron chi connectivity index (χ2n) is 7.80. The summed E-state index contributed by atoms with van der Waals surface area (Å²) in [6, 6.07) is 10.8. The van der Waals surface area contributed by atoms with Crippen molar-refractivity contribution in [3.63, 3.8) is 0 Å². The SMILES string of the molecule is COc1cc(C2N=C(NC#N)Nc3nc(N)c(C#N)c(N)c32)ccc1OCc1cccc(C(F)(F)F)c1. The summed E-state index contributed by atoms with van der Waals surface area (Å²) in [5.74, 6) is 0.768. The normalized spacial score (nSPS) is 14.3. The highest BCUT2D eigenvalue weighted by Gasteiger charge is 2.31. The quantitative estimate of drug-likeness (QED) is 0.297. The summed E-state index contributed by atoms with van der Waals surface area (Å²) in [6.45, 7) is -0.133. The van der Waals surface area contributed by atoms with Crippen molar-refractivity contribution in [3.05, 3.63) is 70.3 Å². The molecule has 10 nitrogen and oxygen atoms in total. The predicted molar refractivity (Wildman–Crippen MR) is 128 cm³/mol. The Morgan fingerprint density at radius 3 is 2.59 bits per heavy atom. The fourth-order valence-corrected chi connectivity index (χ4v) is 3.79. The van der Waals surface area contributed by atoms with E-state index in [1.165, 1.54) is 19.2 Å². The first-order valence-electron chi connectivity index (χ1n) is 10.6. The molecule has 2 aromatic carbocycles. The number of alkyl halides is 3. The van der Waals surface area contributed by atoms with Crippen molar-refractivity contribution in [2.45, 2.75) is 18.8 Å². The van der Waals surface area contributed by atoms with Crippen molar-refractivity contribution in [1.29, 1.82) is 10.5 Å². The van der Waals surface area contributed by atoms with Crippen LogP contribution in [0.1, 0.15) is 33.9 Å².